The van der Waals surface area contributed by atoms with Crippen LogP contribution in [0.2, 0.25) is 0 Å². The van der Waals surface area contributed by atoms with Gasteiger partial charge in [-0.3, -0.25) is 4.98 Å². The van der Waals surface area contributed by atoms with Gasteiger partial charge in [0, 0.05) is 16.9 Å². The predicted molar refractivity (Wildman–Crippen MR) is 66.0 cm³/mol. The fraction of sp³-hybridized carbons (Fsp3) is 0.545. The Balaban J connectivity index is 2.30. The van der Waals surface area contributed by atoms with Crippen molar-refractivity contribution in [2.45, 2.75) is 42.2 Å². The Labute approximate surface area is 104 Å². The van der Waals surface area contributed by atoms with Gasteiger partial charge >= 0.3 is 0 Å². The van der Waals surface area contributed by atoms with Crippen molar-refractivity contribution in [3.8, 4) is 0 Å². The van der Waals surface area contributed by atoms with Crippen LogP contribution in [0.1, 0.15) is 32.1 Å². The Kier molecular flexibility index (Phi) is 3.64. The summed E-state index contributed by atoms with van der Waals surface area (Å²) in [5, 5.41) is -0.211. The van der Waals surface area contributed by atoms with E-state index >= 15 is 0 Å². The molecule has 0 unspecified atom stereocenters. The zero-order chi connectivity index (χ0) is 11.6. The van der Waals surface area contributed by atoms with E-state index in [-0.39, 0.29) is 5.25 Å². The van der Waals surface area contributed by atoms with Crippen molar-refractivity contribution in [3.63, 3.8) is 0 Å². The molecule has 0 amide bonds. The number of sulfone groups is 1. The van der Waals surface area contributed by atoms with Gasteiger partial charge in [-0.25, -0.2) is 8.42 Å². The summed E-state index contributed by atoms with van der Waals surface area (Å²) in [4.78, 5) is 4.26. The van der Waals surface area contributed by atoms with Gasteiger partial charge in [0.05, 0.1) is 10.1 Å². The van der Waals surface area contributed by atoms with Crippen LogP contribution in [0.25, 0.3) is 0 Å². The normalized spacial score (nSPS) is 18.6. The van der Waals surface area contributed by atoms with Crippen LogP contribution < -0.4 is 0 Å². The number of hydrogen-bond donors (Lipinski definition) is 0. The molecule has 0 bridgehead atoms. The van der Waals surface area contributed by atoms with Crippen molar-refractivity contribution < 1.29 is 8.42 Å². The topological polar surface area (TPSA) is 47.0 Å². The quantitative estimate of drug-likeness (QED) is 0.844. The van der Waals surface area contributed by atoms with Crippen LogP contribution >= 0.6 is 15.9 Å². The maximum atomic E-state index is 12.3. The zero-order valence-electron chi connectivity index (χ0n) is 8.89. The van der Waals surface area contributed by atoms with Gasteiger partial charge in [-0.2, -0.15) is 0 Å². The molecule has 0 aliphatic heterocycles. The Bertz CT molecular complexity index is 467. The molecule has 0 aromatic carbocycles. The highest BCUT2D eigenvalue weighted by Crippen LogP contribution is 2.29. The van der Waals surface area contributed by atoms with Crippen molar-refractivity contribution >= 4 is 25.8 Å². The van der Waals surface area contributed by atoms with Gasteiger partial charge in [-0.05, 0) is 34.8 Å². The smallest absolute Gasteiger partial charge is 0.182 e. The lowest BCUT2D eigenvalue weighted by molar-refractivity contribution is 0.483. The molecule has 0 atom stereocenters. The van der Waals surface area contributed by atoms with Gasteiger partial charge < -0.3 is 0 Å². The number of aromatic nitrogens is 1. The van der Waals surface area contributed by atoms with E-state index in [0.29, 0.717) is 9.37 Å². The molecule has 1 aliphatic rings. The monoisotopic (exact) mass is 303 g/mol. The number of halogens is 1. The van der Waals surface area contributed by atoms with Crippen LogP contribution in [0.4, 0.5) is 0 Å². The first-order valence-electron chi connectivity index (χ1n) is 5.45. The summed E-state index contributed by atoms with van der Waals surface area (Å²) in [6.45, 7) is 0. The van der Waals surface area contributed by atoms with Crippen LogP contribution in [0.5, 0.6) is 0 Å². The maximum Gasteiger partial charge on any atom is 0.182 e. The molecule has 2 rings (SSSR count). The Hall–Kier alpha value is -0.420. The van der Waals surface area contributed by atoms with E-state index < -0.39 is 9.84 Å². The molecule has 0 N–H and O–H groups in total. The van der Waals surface area contributed by atoms with Crippen LogP contribution in [-0.4, -0.2) is 18.7 Å². The highest BCUT2D eigenvalue weighted by atomic mass is 79.9. The van der Waals surface area contributed by atoms with Gasteiger partial charge in [-0.1, -0.05) is 19.3 Å². The lowest BCUT2D eigenvalue weighted by Gasteiger charge is -2.21. The second-order valence-corrected chi connectivity index (χ2v) is 7.29. The Morgan fingerprint density at radius 1 is 1.19 bits per heavy atom. The number of hydrogen-bond acceptors (Lipinski definition) is 3. The molecule has 0 radical (unpaired) electrons. The maximum absolute atomic E-state index is 12.3. The first-order chi connectivity index (χ1) is 7.60. The molecule has 5 heteroatoms. The fourth-order valence-corrected chi connectivity index (χ4v) is 4.47. The van der Waals surface area contributed by atoms with Gasteiger partial charge in [-0.15, -0.1) is 0 Å². The van der Waals surface area contributed by atoms with Crippen LogP contribution in [0.15, 0.2) is 27.8 Å². The van der Waals surface area contributed by atoms with Gasteiger partial charge in [0.1, 0.15) is 0 Å². The fourth-order valence-electron chi connectivity index (χ4n) is 2.12. The molecule has 1 aromatic rings. The molecule has 0 saturated heterocycles. The van der Waals surface area contributed by atoms with Crippen LogP contribution in [0.3, 0.4) is 0 Å². The molecule has 3 nitrogen and oxygen atoms in total. The Morgan fingerprint density at radius 3 is 2.50 bits per heavy atom. The molecule has 1 saturated carbocycles. The van der Waals surface area contributed by atoms with E-state index in [1.54, 1.807) is 12.3 Å². The molecule has 1 fully saturated rings. The largest absolute Gasteiger partial charge is 0.262 e. The van der Waals surface area contributed by atoms with Crippen molar-refractivity contribution in [3.05, 3.63) is 22.9 Å². The third-order valence-corrected chi connectivity index (χ3v) is 5.66. The van der Waals surface area contributed by atoms with E-state index in [2.05, 4.69) is 20.9 Å². The lowest BCUT2D eigenvalue weighted by Crippen LogP contribution is -2.24. The summed E-state index contributed by atoms with van der Waals surface area (Å²) in [5.74, 6) is 0. The van der Waals surface area contributed by atoms with Crippen LogP contribution in [0, 0.1) is 0 Å². The van der Waals surface area contributed by atoms with Crippen molar-refractivity contribution in [2.75, 3.05) is 0 Å². The summed E-state index contributed by atoms with van der Waals surface area (Å²) in [6.07, 6.45) is 7.80. The molecule has 88 valence electrons. The standard InChI is InChI=1S/C11H14BrNO2S/c12-9-6-11(8-13-7-9)16(14,15)10-4-2-1-3-5-10/h6-8,10H,1-5H2. The molecule has 1 heterocycles. The zero-order valence-corrected chi connectivity index (χ0v) is 11.3. The molecule has 16 heavy (non-hydrogen) atoms. The molecule has 1 aromatic heterocycles. The molecular weight excluding hydrogens is 290 g/mol. The molecule has 1 aliphatic carbocycles. The second kappa shape index (κ2) is 4.84. The van der Waals surface area contributed by atoms with E-state index in [1.165, 1.54) is 6.20 Å². The third kappa shape index (κ3) is 2.46. The molecular formula is C11H14BrNO2S. The summed E-state index contributed by atoms with van der Waals surface area (Å²) in [7, 11) is -3.18. The summed E-state index contributed by atoms with van der Waals surface area (Å²) in [6, 6.07) is 1.64. The summed E-state index contributed by atoms with van der Waals surface area (Å²) >= 11 is 3.25. The van der Waals surface area contributed by atoms with Crippen LogP contribution in [-0.2, 0) is 9.84 Å². The number of pyridine rings is 1. The third-order valence-electron chi connectivity index (χ3n) is 3.00. The Morgan fingerprint density at radius 2 is 1.88 bits per heavy atom. The first-order valence-corrected chi connectivity index (χ1v) is 7.79. The number of rotatable bonds is 2. The second-order valence-electron chi connectivity index (χ2n) is 4.14. The minimum atomic E-state index is -3.18. The van der Waals surface area contributed by atoms with Gasteiger partial charge in [0.25, 0.3) is 0 Å². The average molecular weight is 304 g/mol. The SMILES string of the molecule is O=S(=O)(c1cncc(Br)c1)C1CCCCC1. The first kappa shape index (κ1) is 12.0. The van der Waals surface area contributed by atoms with Crippen molar-refractivity contribution in [1.82, 2.24) is 4.98 Å². The van der Waals surface area contributed by atoms with Gasteiger partial charge in [0.2, 0.25) is 0 Å². The van der Waals surface area contributed by atoms with Crippen molar-refractivity contribution in [1.29, 1.82) is 0 Å². The van der Waals surface area contributed by atoms with E-state index in [9.17, 15) is 8.42 Å². The minimum absolute atomic E-state index is 0.211. The average Bonchev–Trinajstić information content (AvgIpc) is 2.30. The van der Waals surface area contributed by atoms with E-state index in [0.717, 1.165) is 32.1 Å². The summed E-state index contributed by atoms with van der Waals surface area (Å²) in [5.41, 5.74) is 0. The highest BCUT2D eigenvalue weighted by Gasteiger charge is 2.29. The molecule has 0 spiro atoms. The number of nitrogens with zero attached hydrogens (tertiary/aromatic N) is 1. The lowest BCUT2D eigenvalue weighted by atomic mass is 10.0. The highest BCUT2D eigenvalue weighted by molar-refractivity contribution is 9.10. The minimum Gasteiger partial charge on any atom is -0.262 e. The van der Waals surface area contributed by atoms with Crippen molar-refractivity contribution in [2.24, 2.45) is 0 Å². The summed E-state index contributed by atoms with van der Waals surface area (Å²) < 4.78 is 25.3. The predicted octanol–water partition coefficient (Wildman–Crippen LogP) is 2.95. The van der Waals surface area contributed by atoms with E-state index in [1.807, 2.05) is 0 Å². The van der Waals surface area contributed by atoms with E-state index in [4.69, 9.17) is 0 Å². The van der Waals surface area contributed by atoms with Gasteiger partial charge in [0.15, 0.2) is 9.84 Å².